The number of carbonyl (C=O) groups is 2. The Labute approximate surface area is 208 Å². The second-order valence-corrected chi connectivity index (χ2v) is 10.1. The molecule has 1 aliphatic carbocycles. The van der Waals surface area contributed by atoms with Gasteiger partial charge >= 0.3 is 0 Å². The van der Waals surface area contributed by atoms with Gasteiger partial charge in [0.1, 0.15) is 6.04 Å². The molecule has 4 nitrogen and oxygen atoms in total. The average molecular weight is 467 g/mol. The monoisotopic (exact) mass is 466 g/mol. The summed E-state index contributed by atoms with van der Waals surface area (Å²) in [6.45, 7) is 3.72. The van der Waals surface area contributed by atoms with Gasteiger partial charge in [-0.3, -0.25) is 9.59 Å². The van der Waals surface area contributed by atoms with Crippen LogP contribution < -0.4 is 5.32 Å². The molecule has 1 saturated heterocycles. The van der Waals surface area contributed by atoms with Crippen LogP contribution in [0, 0.1) is 12.8 Å². The molecule has 0 radical (unpaired) electrons. The third kappa shape index (κ3) is 5.64. The van der Waals surface area contributed by atoms with Crippen molar-refractivity contribution in [2.24, 2.45) is 5.92 Å². The van der Waals surface area contributed by atoms with Gasteiger partial charge in [0, 0.05) is 18.7 Å². The Hall–Kier alpha value is -3.40. The molecule has 3 aromatic carbocycles. The molecular formula is C31H34N2O2. The minimum absolute atomic E-state index is 0.0661. The maximum absolute atomic E-state index is 13.1. The van der Waals surface area contributed by atoms with Crippen LogP contribution in [-0.4, -0.2) is 35.8 Å². The molecule has 2 fully saturated rings. The van der Waals surface area contributed by atoms with Gasteiger partial charge in [0.05, 0.1) is 0 Å². The predicted octanol–water partition coefficient (Wildman–Crippen LogP) is 5.97. The molecule has 0 spiro atoms. The van der Waals surface area contributed by atoms with E-state index in [1.165, 1.54) is 17.5 Å². The summed E-state index contributed by atoms with van der Waals surface area (Å²) in [5.41, 5.74) is 5.51. The lowest BCUT2D eigenvalue weighted by Crippen LogP contribution is -2.53. The van der Waals surface area contributed by atoms with E-state index in [-0.39, 0.29) is 11.8 Å². The number of benzene rings is 3. The highest BCUT2D eigenvalue weighted by Crippen LogP contribution is 2.50. The smallest absolute Gasteiger partial charge is 0.251 e. The topological polar surface area (TPSA) is 49.4 Å². The first-order chi connectivity index (χ1) is 17.1. The second kappa shape index (κ2) is 10.5. The van der Waals surface area contributed by atoms with Crippen LogP contribution in [0.4, 0.5) is 0 Å². The Balaban J connectivity index is 1.17. The molecule has 3 aromatic rings. The molecule has 0 aromatic heterocycles. The molecule has 35 heavy (non-hydrogen) atoms. The van der Waals surface area contributed by atoms with Crippen molar-refractivity contribution in [1.82, 2.24) is 10.2 Å². The zero-order chi connectivity index (χ0) is 24.2. The van der Waals surface area contributed by atoms with Gasteiger partial charge in [0.25, 0.3) is 5.91 Å². The van der Waals surface area contributed by atoms with Gasteiger partial charge in [-0.1, -0.05) is 78.7 Å². The summed E-state index contributed by atoms with van der Waals surface area (Å²) in [6.07, 6.45) is 5.02. The number of amides is 2. The van der Waals surface area contributed by atoms with Gasteiger partial charge in [-0.25, -0.2) is 0 Å². The van der Waals surface area contributed by atoms with E-state index >= 15 is 0 Å². The molecule has 0 unspecified atom stereocenters. The minimum Gasteiger partial charge on any atom is -0.341 e. The van der Waals surface area contributed by atoms with Crippen molar-refractivity contribution in [3.05, 3.63) is 95.6 Å². The highest BCUT2D eigenvalue weighted by Gasteiger charge is 2.38. The number of rotatable bonds is 9. The predicted molar refractivity (Wildman–Crippen MR) is 140 cm³/mol. The van der Waals surface area contributed by atoms with Gasteiger partial charge < -0.3 is 10.2 Å². The first-order valence-corrected chi connectivity index (χ1v) is 12.9. The Kier molecular flexibility index (Phi) is 6.98. The van der Waals surface area contributed by atoms with Crippen LogP contribution in [0.5, 0.6) is 0 Å². The fourth-order valence-corrected chi connectivity index (χ4v) is 5.07. The summed E-state index contributed by atoms with van der Waals surface area (Å²) in [7, 11) is 0. The number of carbonyl (C=O) groups excluding carboxylic acids is 2. The largest absolute Gasteiger partial charge is 0.341 e. The number of hydrogen-bond acceptors (Lipinski definition) is 2. The standard InChI is InChI=1S/C31H34N2O2/c1-22-11-13-25(14-12-22)28-21-27(28)9-5-10-29(31(35)33-19-6-20-33)32-30(34)26-17-15-24(16-18-26)23-7-3-2-4-8-23/h2-4,7-8,11-18,27-29H,5-6,9-10,19-21H2,1H3,(H,32,34)/t27-,28+,29+/m1/s1. The Morgan fingerprint density at radius 1 is 0.914 bits per heavy atom. The quantitative estimate of drug-likeness (QED) is 0.423. The van der Waals surface area contributed by atoms with Crippen LogP contribution in [-0.2, 0) is 4.79 Å². The molecule has 1 heterocycles. The maximum Gasteiger partial charge on any atom is 0.251 e. The highest BCUT2D eigenvalue weighted by molar-refractivity contribution is 5.98. The van der Waals surface area contributed by atoms with E-state index in [0.29, 0.717) is 23.8 Å². The number of nitrogens with one attached hydrogen (secondary N) is 1. The lowest BCUT2D eigenvalue weighted by atomic mass is 10.0. The van der Waals surface area contributed by atoms with E-state index in [0.717, 1.165) is 43.5 Å². The molecule has 1 aliphatic heterocycles. The fourth-order valence-electron chi connectivity index (χ4n) is 5.07. The zero-order valence-electron chi connectivity index (χ0n) is 20.5. The van der Waals surface area contributed by atoms with Crippen molar-refractivity contribution in [2.75, 3.05) is 13.1 Å². The van der Waals surface area contributed by atoms with Crippen molar-refractivity contribution in [3.63, 3.8) is 0 Å². The Bertz CT molecular complexity index is 1150. The van der Waals surface area contributed by atoms with E-state index in [4.69, 9.17) is 0 Å². The first kappa shape index (κ1) is 23.3. The molecule has 2 aliphatic rings. The van der Waals surface area contributed by atoms with Gasteiger partial charge in [-0.15, -0.1) is 0 Å². The number of likely N-dealkylation sites (tertiary alicyclic amines) is 1. The summed E-state index contributed by atoms with van der Waals surface area (Å²) in [6, 6.07) is 26.2. The van der Waals surface area contributed by atoms with E-state index in [2.05, 4.69) is 48.6 Å². The van der Waals surface area contributed by atoms with E-state index < -0.39 is 6.04 Å². The summed E-state index contributed by atoms with van der Waals surface area (Å²) in [4.78, 5) is 28.0. The van der Waals surface area contributed by atoms with Crippen LogP contribution in [0.3, 0.4) is 0 Å². The zero-order valence-corrected chi connectivity index (χ0v) is 20.5. The van der Waals surface area contributed by atoms with Crippen molar-refractivity contribution in [3.8, 4) is 11.1 Å². The van der Waals surface area contributed by atoms with Crippen molar-refractivity contribution < 1.29 is 9.59 Å². The number of aryl methyl sites for hydroxylation is 1. The third-order valence-electron chi connectivity index (χ3n) is 7.52. The Morgan fingerprint density at radius 3 is 2.26 bits per heavy atom. The number of hydrogen-bond donors (Lipinski definition) is 1. The second-order valence-electron chi connectivity index (χ2n) is 10.1. The molecule has 0 bridgehead atoms. The van der Waals surface area contributed by atoms with Crippen LogP contribution in [0.25, 0.3) is 11.1 Å². The van der Waals surface area contributed by atoms with Gasteiger partial charge in [-0.05, 0) is 73.3 Å². The lowest BCUT2D eigenvalue weighted by molar-refractivity contribution is -0.136. The maximum atomic E-state index is 13.1. The minimum atomic E-state index is -0.451. The van der Waals surface area contributed by atoms with Gasteiger partial charge in [0.15, 0.2) is 0 Å². The normalized spacial score (nSPS) is 19.5. The summed E-state index contributed by atoms with van der Waals surface area (Å²) < 4.78 is 0. The molecule has 4 heteroatoms. The highest BCUT2D eigenvalue weighted by atomic mass is 16.2. The van der Waals surface area contributed by atoms with Crippen LogP contribution in [0.15, 0.2) is 78.9 Å². The van der Waals surface area contributed by atoms with E-state index in [9.17, 15) is 9.59 Å². The van der Waals surface area contributed by atoms with Gasteiger partial charge in [0.2, 0.25) is 5.91 Å². The van der Waals surface area contributed by atoms with Crippen LogP contribution >= 0.6 is 0 Å². The molecule has 5 rings (SSSR count). The molecule has 1 saturated carbocycles. The summed E-state index contributed by atoms with van der Waals surface area (Å²) in [5.74, 6) is 1.24. The van der Waals surface area contributed by atoms with Gasteiger partial charge in [-0.2, -0.15) is 0 Å². The first-order valence-electron chi connectivity index (χ1n) is 12.9. The molecule has 3 atom stereocenters. The van der Waals surface area contributed by atoms with Crippen LogP contribution in [0.1, 0.15) is 59.5 Å². The third-order valence-corrected chi connectivity index (χ3v) is 7.52. The lowest BCUT2D eigenvalue weighted by Gasteiger charge is -2.34. The molecule has 180 valence electrons. The molecule has 2 amide bonds. The van der Waals surface area contributed by atoms with Crippen molar-refractivity contribution >= 4 is 11.8 Å². The fraction of sp³-hybridized carbons (Fsp3) is 0.355. The average Bonchev–Trinajstić information content (AvgIpc) is 3.63. The molecular weight excluding hydrogens is 432 g/mol. The van der Waals surface area contributed by atoms with Crippen molar-refractivity contribution in [1.29, 1.82) is 0 Å². The van der Waals surface area contributed by atoms with Crippen molar-refractivity contribution in [2.45, 2.75) is 51.0 Å². The van der Waals surface area contributed by atoms with E-state index in [1.807, 2.05) is 47.4 Å². The molecule has 1 N–H and O–H groups in total. The summed E-state index contributed by atoms with van der Waals surface area (Å²) >= 11 is 0. The SMILES string of the molecule is Cc1ccc([C@@H]2C[C@H]2CCC[C@H](NC(=O)c2ccc(-c3ccccc3)cc2)C(=O)N2CCC2)cc1. The van der Waals surface area contributed by atoms with Crippen LogP contribution in [0.2, 0.25) is 0 Å². The Morgan fingerprint density at radius 2 is 1.60 bits per heavy atom. The summed E-state index contributed by atoms with van der Waals surface area (Å²) in [5, 5.41) is 3.05. The van der Waals surface area contributed by atoms with E-state index in [1.54, 1.807) is 0 Å². The number of nitrogens with zero attached hydrogens (tertiary/aromatic N) is 1.